The highest BCUT2D eigenvalue weighted by Gasteiger charge is 2.22. The second-order valence-electron chi connectivity index (χ2n) is 5.27. The van der Waals surface area contributed by atoms with Crippen molar-refractivity contribution >= 4 is 34.2 Å². The van der Waals surface area contributed by atoms with E-state index in [4.69, 9.17) is 4.74 Å². The first-order valence-corrected chi connectivity index (χ1v) is 8.52. The summed E-state index contributed by atoms with van der Waals surface area (Å²) in [6.45, 7) is 1.83. The van der Waals surface area contributed by atoms with Crippen molar-refractivity contribution < 1.29 is 14.5 Å². The number of nitro groups is 1. The molecule has 0 aromatic heterocycles. The van der Waals surface area contributed by atoms with E-state index in [1.165, 1.54) is 23.9 Å². The van der Waals surface area contributed by atoms with Crippen LogP contribution >= 0.6 is 11.8 Å². The van der Waals surface area contributed by atoms with Crippen molar-refractivity contribution in [2.75, 3.05) is 6.61 Å². The third kappa shape index (κ3) is 3.80. The van der Waals surface area contributed by atoms with Crippen LogP contribution in [0.5, 0.6) is 0 Å². The number of ether oxygens (including phenoxy) is 1. The molecule has 126 valence electrons. The van der Waals surface area contributed by atoms with Crippen molar-refractivity contribution in [2.24, 2.45) is 0 Å². The molecule has 0 aliphatic rings. The molecule has 5 nitrogen and oxygen atoms in total. The maximum absolute atomic E-state index is 12.0. The molecule has 0 aliphatic heterocycles. The Morgan fingerprint density at radius 2 is 1.72 bits per heavy atom. The van der Waals surface area contributed by atoms with Crippen LogP contribution in [0.3, 0.4) is 0 Å². The fourth-order valence-corrected chi connectivity index (χ4v) is 3.38. The van der Waals surface area contributed by atoms with Gasteiger partial charge in [0.05, 0.1) is 11.5 Å². The Morgan fingerprint density at radius 1 is 1.04 bits per heavy atom. The first kappa shape index (κ1) is 17.0. The predicted molar refractivity (Wildman–Crippen MR) is 97.1 cm³/mol. The molecule has 3 aromatic rings. The van der Waals surface area contributed by atoms with Gasteiger partial charge in [-0.1, -0.05) is 42.1 Å². The lowest BCUT2D eigenvalue weighted by molar-refractivity contribution is -0.385. The second kappa shape index (κ2) is 7.36. The lowest BCUT2D eigenvalue weighted by Gasteiger charge is -2.07. The topological polar surface area (TPSA) is 69.4 Å². The summed E-state index contributed by atoms with van der Waals surface area (Å²) in [5.74, 6) is -0.685. The van der Waals surface area contributed by atoms with Gasteiger partial charge in [0, 0.05) is 15.9 Å². The number of esters is 1. The Labute approximate surface area is 148 Å². The third-order valence-electron chi connectivity index (χ3n) is 3.62. The molecule has 3 aromatic carbocycles. The van der Waals surface area contributed by atoms with E-state index in [1.54, 1.807) is 13.0 Å². The molecule has 0 aliphatic carbocycles. The average molecular weight is 353 g/mol. The number of benzene rings is 3. The van der Waals surface area contributed by atoms with Gasteiger partial charge in [0.1, 0.15) is 5.56 Å². The summed E-state index contributed by atoms with van der Waals surface area (Å²) < 4.78 is 4.93. The Hall–Kier alpha value is -2.86. The monoisotopic (exact) mass is 353 g/mol. The van der Waals surface area contributed by atoms with Crippen LogP contribution in [0.15, 0.2) is 70.5 Å². The fraction of sp³-hybridized carbons (Fsp3) is 0.105. The summed E-state index contributed by atoms with van der Waals surface area (Å²) in [6, 6.07) is 18.6. The zero-order valence-electron chi connectivity index (χ0n) is 13.5. The Morgan fingerprint density at radius 3 is 2.44 bits per heavy atom. The number of rotatable bonds is 5. The number of nitrogens with zero attached hydrogens (tertiary/aromatic N) is 1. The third-order valence-corrected chi connectivity index (χ3v) is 4.60. The Bertz CT molecular complexity index is 955. The van der Waals surface area contributed by atoms with Crippen molar-refractivity contribution in [1.29, 1.82) is 0 Å². The van der Waals surface area contributed by atoms with Gasteiger partial charge in [-0.05, 0) is 42.0 Å². The van der Waals surface area contributed by atoms with Gasteiger partial charge in [0.15, 0.2) is 0 Å². The zero-order chi connectivity index (χ0) is 17.8. The van der Waals surface area contributed by atoms with E-state index in [-0.39, 0.29) is 17.9 Å². The van der Waals surface area contributed by atoms with Crippen molar-refractivity contribution in [3.05, 3.63) is 76.3 Å². The molecular weight excluding hydrogens is 338 g/mol. The smallest absolute Gasteiger partial charge is 0.345 e. The van der Waals surface area contributed by atoms with Crippen LogP contribution in [0.4, 0.5) is 5.69 Å². The lowest BCUT2D eigenvalue weighted by atomic mass is 10.1. The maximum Gasteiger partial charge on any atom is 0.345 e. The van der Waals surface area contributed by atoms with Crippen LogP contribution in [0.2, 0.25) is 0 Å². The SMILES string of the molecule is CCOC(=O)c1cc(Sc2ccc3ccccc3c2)ccc1[N+](=O)[O-]. The second-order valence-corrected chi connectivity index (χ2v) is 6.41. The Kier molecular flexibility index (Phi) is 5.00. The molecule has 0 spiro atoms. The predicted octanol–water partition coefficient (Wildman–Crippen LogP) is 5.08. The number of carbonyl (C=O) groups is 1. The molecule has 0 bridgehead atoms. The van der Waals surface area contributed by atoms with Crippen LogP contribution in [0, 0.1) is 10.1 Å². The van der Waals surface area contributed by atoms with Gasteiger partial charge in [-0.15, -0.1) is 0 Å². The minimum atomic E-state index is -0.685. The Balaban J connectivity index is 1.94. The fourth-order valence-electron chi connectivity index (χ4n) is 2.48. The van der Waals surface area contributed by atoms with E-state index in [1.807, 2.05) is 42.5 Å². The molecular formula is C19H15NO4S. The van der Waals surface area contributed by atoms with Gasteiger partial charge in [-0.2, -0.15) is 0 Å². The molecule has 25 heavy (non-hydrogen) atoms. The van der Waals surface area contributed by atoms with E-state index in [2.05, 4.69) is 0 Å². The summed E-state index contributed by atoms with van der Waals surface area (Å²) in [6.07, 6.45) is 0. The van der Waals surface area contributed by atoms with Gasteiger partial charge in [0.2, 0.25) is 0 Å². The summed E-state index contributed by atoms with van der Waals surface area (Å²) in [4.78, 5) is 24.3. The summed E-state index contributed by atoms with van der Waals surface area (Å²) in [7, 11) is 0. The minimum Gasteiger partial charge on any atom is -0.462 e. The highest BCUT2D eigenvalue weighted by Crippen LogP contribution is 2.33. The molecule has 0 unspecified atom stereocenters. The molecule has 3 rings (SSSR count). The molecule has 0 N–H and O–H groups in total. The molecule has 0 saturated heterocycles. The first-order chi connectivity index (χ1) is 12.1. The number of fused-ring (bicyclic) bond motifs is 1. The molecule has 0 saturated carbocycles. The van der Waals surface area contributed by atoms with Gasteiger partial charge in [-0.3, -0.25) is 10.1 Å². The van der Waals surface area contributed by atoms with Crippen molar-refractivity contribution in [3.8, 4) is 0 Å². The number of hydrogen-bond donors (Lipinski definition) is 0. The van der Waals surface area contributed by atoms with Crippen LogP contribution in [0.25, 0.3) is 10.8 Å². The quantitative estimate of drug-likeness (QED) is 0.364. The van der Waals surface area contributed by atoms with Gasteiger partial charge in [0.25, 0.3) is 5.69 Å². The molecule has 6 heteroatoms. The van der Waals surface area contributed by atoms with E-state index in [0.29, 0.717) is 0 Å². The van der Waals surface area contributed by atoms with Gasteiger partial charge in [-0.25, -0.2) is 4.79 Å². The van der Waals surface area contributed by atoms with E-state index in [0.717, 1.165) is 20.6 Å². The molecule has 0 amide bonds. The van der Waals surface area contributed by atoms with Crippen LogP contribution in [-0.4, -0.2) is 17.5 Å². The van der Waals surface area contributed by atoms with Crippen molar-refractivity contribution in [2.45, 2.75) is 16.7 Å². The van der Waals surface area contributed by atoms with E-state index in [9.17, 15) is 14.9 Å². The minimum absolute atomic E-state index is 0.0300. The largest absolute Gasteiger partial charge is 0.462 e. The highest BCUT2D eigenvalue weighted by molar-refractivity contribution is 7.99. The van der Waals surface area contributed by atoms with Crippen LogP contribution < -0.4 is 0 Å². The summed E-state index contributed by atoms with van der Waals surface area (Å²) >= 11 is 1.44. The summed E-state index contributed by atoms with van der Waals surface area (Å²) in [5, 5.41) is 13.4. The zero-order valence-corrected chi connectivity index (χ0v) is 14.3. The highest BCUT2D eigenvalue weighted by atomic mass is 32.2. The number of nitro benzene ring substituents is 1. The van der Waals surface area contributed by atoms with Crippen LogP contribution in [-0.2, 0) is 4.74 Å². The van der Waals surface area contributed by atoms with Crippen molar-refractivity contribution in [3.63, 3.8) is 0 Å². The maximum atomic E-state index is 12.0. The number of carbonyl (C=O) groups excluding carboxylic acids is 1. The van der Waals surface area contributed by atoms with E-state index >= 15 is 0 Å². The number of hydrogen-bond acceptors (Lipinski definition) is 5. The molecule has 0 heterocycles. The van der Waals surface area contributed by atoms with Gasteiger partial charge < -0.3 is 4.74 Å². The summed E-state index contributed by atoms with van der Waals surface area (Å²) in [5.41, 5.74) is -0.279. The molecule has 0 fully saturated rings. The van der Waals surface area contributed by atoms with Crippen molar-refractivity contribution in [1.82, 2.24) is 0 Å². The standard InChI is InChI=1S/C19H15NO4S/c1-2-24-19(21)17-12-16(9-10-18(17)20(22)23)25-15-8-7-13-5-3-4-6-14(13)11-15/h3-12H,2H2,1H3. The molecule has 0 radical (unpaired) electrons. The average Bonchev–Trinajstić information content (AvgIpc) is 2.61. The van der Waals surface area contributed by atoms with Gasteiger partial charge >= 0.3 is 5.97 Å². The normalized spacial score (nSPS) is 10.6. The first-order valence-electron chi connectivity index (χ1n) is 7.70. The van der Waals surface area contributed by atoms with E-state index < -0.39 is 10.9 Å². The molecule has 0 atom stereocenters. The van der Waals surface area contributed by atoms with Crippen LogP contribution in [0.1, 0.15) is 17.3 Å². The lowest BCUT2D eigenvalue weighted by Crippen LogP contribution is -2.08.